The van der Waals surface area contributed by atoms with Crippen molar-refractivity contribution < 1.29 is 24.1 Å². The van der Waals surface area contributed by atoms with Crippen LogP contribution in [0.25, 0.3) is 21.9 Å². The fourth-order valence-corrected chi connectivity index (χ4v) is 8.36. The molecule has 8 rings (SSSR count). The molecule has 1 amide bonds. The summed E-state index contributed by atoms with van der Waals surface area (Å²) in [5, 5.41) is 14.7. The smallest absolute Gasteiger partial charge is 0.315 e. The summed E-state index contributed by atoms with van der Waals surface area (Å²) < 4.78 is 17.7. The largest absolute Gasteiger partial charge is 0.508 e. The van der Waals surface area contributed by atoms with Gasteiger partial charge >= 0.3 is 6.48 Å². The number of hydrogen-bond donors (Lipinski definition) is 2. The zero-order valence-electron chi connectivity index (χ0n) is 24.8. The van der Waals surface area contributed by atoms with Gasteiger partial charge in [-0.15, -0.1) is 0 Å². The lowest BCUT2D eigenvalue weighted by Gasteiger charge is -2.57. The zero-order valence-corrected chi connectivity index (χ0v) is 24.8. The molecule has 4 bridgehead atoms. The monoisotopic (exact) mass is 577 g/mol. The number of ether oxygens (including phenoxy) is 3. The Balaban J connectivity index is 1.21. The predicted octanol–water partition coefficient (Wildman–Crippen LogP) is 8.28. The first kappa shape index (κ1) is 27.9. The van der Waals surface area contributed by atoms with Gasteiger partial charge in [0.15, 0.2) is 0 Å². The zero-order chi connectivity index (χ0) is 29.6. The van der Waals surface area contributed by atoms with Crippen LogP contribution in [0.2, 0.25) is 0 Å². The van der Waals surface area contributed by atoms with Crippen LogP contribution in [0.15, 0.2) is 78.9 Å². The molecule has 0 aromatic heterocycles. The molecule has 4 aromatic carbocycles. The summed E-state index contributed by atoms with van der Waals surface area (Å²) in [4.78, 5) is 12.8. The second-order valence-electron chi connectivity index (χ2n) is 12.8. The van der Waals surface area contributed by atoms with E-state index in [0.717, 1.165) is 40.0 Å². The van der Waals surface area contributed by atoms with Crippen molar-refractivity contribution in [1.29, 1.82) is 0 Å². The van der Waals surface area contributed by atoms with E-state index in [1.807, 2.05) is 31.2 Å². The van der Waals surface area contributed by atoms with Crippen molar-refractivity contribution in [2.24, 2.45) is 17.8 Å². The Morgan fingerprint density at radius 1 is 0.860 bits per heavy atom. The maximum absolute atomic E-state index is 12.8. The van der Waals surface area contributed by atoms with Crippen molar-refractivity contribution in [3.63, 3.8) is 0 Å². The summed E-state index contributed by atoms with van der Waals surface area (Å²) in [5.74, 6) is 3.30. The van der Waals surface area contributed by atoms with Gasteiger partial charge in [0.1, 0.15) is 11.5 Å². The fraction of sp³-hybridized carbons (Fsp3) is 0.378. The van der Waals surface area contributed by atoms with Crippen LogP contribution in [0, 0.1) is 17.8 Å². The van der Waals surface area contributed by atoms with E-state index in [2.05, 4.69) is 35.6 Å². The fourth-order valence-electron chi connectivity index (χ4n) is 8.36. The maximum atomic E-state index is 12.8. The van der Waals surface area contributed by atoms with Crippen molar-refractivity contribution >= 4 is 22.4 Å². The lowest BCUT2D eigenvalue weighted by molar-refractivity contribution is -0.231. The van der Waals surface area contributed by atoms with Gasteiger partial charge in [-0.2, -0.15) is 0 Å². The SMILES string of the molecule is CCOC(OC)Oc1cc2ccc(-c3ccc(C(=O)Nc4ccc(O)cc4)cc3)cc2cc1C12CC3CC(CC(C3)C1)C2. The molecule has 2 N–H and O–H groups in total. The molecule has 4 saturated carbocycles. The van der Waals surface area contributed by atoms with Crippen molar-refractivity contribution in [1.82, 2.24) is 0 Å². The first-order valence-corrected chi connectivity index (χ1v) is 15.5. The van der Waals surface area contributed by atoms with Crippen LogP contribution in [-0.4, -0.2) is 31.2 Å². The molecule has 0 aliphatic heterocycles. The number of benzene rings is 4. The van der Waals surface area contributed by atoms with Crippen LogP contribution in [-0.2, 0) is 14.9 Å². The van der Waals surface area contributed by atoms with Crippen molar-refractivity contribution in [2.75, 3.05) is 19.0 Å². The highest BCUT2D eigenvalue weighted by Gasteiger charge is 2.52. The van der Waals surface area contributed by atoms with Crippen LogP contribution in [0.5, 0.6) is 11.5 Å². The molecule has 1 unspecified atom stereocenters. The minimum absolute atomic E-state index is 0.144. The molecule has 1 atom stereocenters. The Kier molecular flexibility index (Phi) is 7.36. The summed E-state index contributed by atoms with van der Waals surface area (Å²) in [6.07, 6.45) is 7.86. The third-order valence-electron chi connectivity index (χ3n) is 9.87. The molecule has 43 heavy (non-hydrogen) atoms. The maximum Gasteiger partial charge on any atom is 0.315 e. The van der Waals surface area contributed by atoms with Gasteiger partial charge in [-0.3, -0.25) is 4.79 Å². The van der Waals surface area contributed by atoms with E-state index >= 15 is 0 Å². The molecule has 0 spiro atoms. The minimum atomic E-state index is -0.737. The van der Waals surface area contributed by atoms with E-state index in [1.54, 1.807) is 31.4 Å². The van der Waals surface area contributed by atoms with E-state index in [-0.39, 0.29) is 17.1 Å². The molecule has 4 aliphatic rings. The number of aromatic hydroxyl groups is 1. The van der Waals surface area contributed by atoms with E-state index in [9.17, 15) is 9.90 Å². The third-order valence-corrected chi connectivity index (χ3v) is 9.87. The molecular formula is C37H39NO5. The summed E-state index contributed by atoms with van der Waals surface area (Å²) in [6, 6.07) is 25.2. The second kappa shape index (κ2) is 11.3. The van der Waals surface area contributed by atoms with E-state index < -0.39 is 6.48 Å². The average Bonchev–Trinajstić information content (AvgIpc) is 3.01. The molecule has 4 aliphatic carbocycles. The molecule has 0 heterocycles. The van der Waals surface area contributed by atoms with Gasteiger partial charge in [-0.05, 0) is 145 Å². The lowest BCUT2D eigenvalue weighted by atomic mass is 9.48. The Morgan fingerprint density at radius 2 is 1.51 bits per heavy atom. The summed E-state index contributed by atoms with van der Waals surface area (Å²) >= 11 is 0. The first-order chi connectivity index (χ1) is 20.9. The number of rotatable bonds is 9. The van der Waals surface area contributed by atoms with Gasteiger partial charge in [0.05, 0.1) is 6.61 Å². The number of carbonyl (C=O) groups excluding carboxylic acids is 1. The number of methoxy groups -OCH3 is 1. The van der Waals surface area contributed by atoms with Gasteiger partial charge in [0.2, 0.25) is 0 Å². The topological polar surface area (TPSA) is 77.0 Å². The van der Waals surface area contributed by atoms with E-state index in [0.29, 0.717) is 17.9 Å². The average molecular weight is 578 g/mol. The molecule has 4 aromatic rings. The van der Waals surface area contributed by atoms with Crippen molar-refractivity contribution in [3.05, 3.63) is 90.0 Å². The van der Waals surface area contributed by atoms with Crippen LogP contribution < -0.4 is 10.1 Å². The summed E-state index contributed by atoms with van der Waals surface area (Å²) in [7, 11) is 1.63. The summed E-state index contributed by atoms with van der Waals surface area (Å²) in [5.41, 5.74) is 4.82. The first-order valence-electron chi connectivity index (χ1n) is 15.5. The predicted molar refractivity (Wildman–Crippen MR) is 168 cm³/mol. The Bertz CT molecular complexity index is 1590. The van der Waals surface area contributed by atoms with Crippen LogP contribution in [0.1, 0.15) is 61.4 Å². The highest BCUT2D eigenvalue weighted by molar-refractivity contribution is 6.04. The highest BCUT2D eigenvalue weighted by Crippen LogP contribution is 2.62. The quantitative estimate of drug-likeness (QED) is 0.155. The summed E-state index contributed by atoms with van der Waals surface area (Å²) in [6.45, 7) is 1.73. The van der Waals surface area contributed by atoms with Crippen molar-refractivity contribution in [3.8, 4) is 22.6 Å². The number of anilines is 1. The molecule has 0 radical (unpaired) electrons. The van der Waals surface area contributed by atoms with Gasteiger partial charge < -0.3 is 24.6 Å². The molecule has 222 valence electrons. The van der Waals surface area contributed by atoms with Crippen LogP contribution in [0.4, 0.5) is 5.69 Å². The minimum Gasteiger partial charge on any atom is -0.508 e. The van der Waals surface area contributed by atoms with Gasteiger partial charge in [0.25, 0.3) is 5.91 Å². The second-order valence-corrected chi connectivity index (χ2v) is 12.8. The molecule has 6 heteroatoms. The Labute approximate surface area is 253 Å². The number of hydrogen-bond acceptors (Lipinski definition) is 5. The van der Waals surface area contributed by atoms with Crippen LogP contribution in [0.3, 0.4) is 0 Å². The molecular weight excluding hydrogens is 538 g/mol. The number of fused-ring (bicyclic) bond motifs is 1. The number of nitrogens with one attached hydrogen (secondary N) is 1. The molecule has 0 saturated heterocycles. The van der Waals surface area contributed by atoms with Gasteiger partial charge in [-0.25, -0.2) is 0 Å². The Morgan fingerprint density at radius 3 is 2.14 bits per heavy atom. The third kappa shape index (κ3) is 5.50. The normalized spacial score (nSPS) is 24.7. The number of amides is 1. The van der Waals surface area contributed by atoms with Gasteiger partial charge in [-0.1, -0.05) is 24.3 Å². The molecule has 4 fully saturated rings. The number of phenolic OH excluding ortho intramolecular Hbond substituents is 1. The van der Waals surface area contributed by atoms with Crippen LogP contribution >= 0.6 is 0 Å². The highest BCUT2D eigenvalue weighted by atomic mass is 16.8. The lowest BCUT2D eigenvalue weighted by Crippen LogP contribution is -2.48. The van der Waals surface area contributed by atoms with Gasteiger partial charge in [0, 0.05) is 23.9 Å². The number of carbonyl (C=O) groups is 1. The van der Waals surface area contributed by atoms with E-state index in [4.69, 9.17) is 14.2 Å². The van der Waals surface area contributed by atoms with Crippen molar-refractivity contribution in [2.45, 2.75) is 57.3 Å². The Hall–Kier alpha value is -3.87. The molecule has 6 nitrogen and oxygen atoms in total. The number of phenols is 1. The van der Waals surface area contributed by atoms with E-state index in [1.165, 1.54) is 49.5 Å². The standard InChI is InChI=1S/C37H39NO5/c1-3-42-36(41-2)43-34-19-29-9-8-28(26-4-6-27(7-5-26)35(40)38-31-10-12-32(39)13-11-31)17-30(29)18-33(34)37-20-23-14-24(21-37)16-25(15-23)22-37/h4-13,17-19,23-25,36,39H,3,14-16,20-22H2,1-2H3,(H,38,40).